The van der Waals surface area contributed by atoms with E-state index in [1.165, 1.54) is 10.4 Å². The van der Waals surface area contributed by atoms with Gasteiger partial charge in [-0.3, -0.25) is 0 Å². The van der Waals surface area contributed by atoms with Crippen molar-refractivity contribution < 1.29 is 4.74 Å². The molecule has 0 atom stereocenters. The summed E-state index contributed by atoms with van der Waals surface area (Å²) in [5.41, 5.74) is 1.18. The summed E-state index contributed by atoms with van der Waals surface area (Å²) in [6, 6.07) is 8.26. The van der Waals surface area contributed by atoms with Crippen molar-refractivity contribution in [2.24, 2.45) is 0 Å². The van der Waals surface area contributed by atoms with Gasteiger partial charge in [0.2, 0.25) is 0 Å². The van der Waals surface area contributed by atoms with E-state index in [0.717, 1.165) is 34.2 Å². The van der Waals surface area contributed by atoms with E-state index in [1.807, 2.05) is 12.1 Å². The second kappa shape index (κ2) is 8.17. The molecule has 2 nitrogen and oxygen atoms in total. The third kappa shape index (κ3) is 4.58. The number of thiophene rings is 1. The lowest BCUT2D eigenvalue weighted by molar-refractivity contribution is 0.303. The minimum atomic E-state index is 0.597. The summed E-state index contributed by atoms with van der Waals surface area (Å²) < 4.78 is 8.11. The Morgan fingerprint density at radius 1 is 1.30 bits per heavy atom. The zero-order chi connectivity index (χ0) is 14.4. The summed E-state index contributed by atoms with van der Waals surface area (Å²) in [7, 11) is 0. The Morgan fingerprint density at radius 2 is 2.15 bits per heavy atom. The van der Waals surface area contributed by atoms with Gasteiger partial charge in [-0.15, -0.1) is 11.3 Å². The van der Waals surface area contributed by atoms with Gasteiger partial charge in [-0.2, -0.15) is 0 Å². The highest BCUT2D eigenvalue weighted by Gasteiger charge is 2.09. The van der Waals surface area contributed by atoms with Crippen LogP contribution in [-0.2, 0) is 13.2 Å². The monoisotopic (exact) mass is 417 g/mol. The number of halogens is 2. The van der Waals surface area contributed by atoms with Crippen molar-refractivity contribution in [3.8, 4) is 5.75 Å². The second-order valence-electron chi connectivity index (χ2n) is 4.42. The summed E-state index contributed by atoms with van der Waals surface area (Å²) in [5.74, 6) is 0.931. The molecule has 0 saturated carbocycles. The normalized spacial score (nSPS) is 10.8. The number of hydrogen-bond donors (Lipinski definition) is 1. The molecule has 0 bridgehead atoms. The maximum atomic E-state index is 6.00. The van der Waals surface area contributed by atoms with Crippen LogP contribution in [0.4, 0.5) is 0 Å². The maximum Gasteiger partial charge on any atom is 0.138 e. The van der Waals surface area contributed by atoms with Gasteiger partial charge in [0.05, 0.1) is 4.47 Å². The fourth-order valence-electron chi connectivity index (χ4n) is 1.83. The number of ether oxygens (including phenoxy) is 1. The van der Waals surface area contributed by atoms with Crippen molar-refractivity contribution in [3.63, 3.8) is 0 Å². The maximum absolute atomic E-state index is 6.00. The molecule has 2 aromatic rings. The number of benzene rings is 1. The van der Waals surface area contributed by atoms with Crippen molar-refractivity contribution in [2.45, 2.75) is 26.5 Å². The Balaban J connectivity index is 2.04. The molecule has 108 valence electrons. The molecule has 1 aromatic carbocycles. The molecule has 0 aliphatic heterocycles. The molecule has 0 spiro atoms. The van der Waals surface area contributed by atoms with Crippen LogP contribution in [-0.4, -0.2) is 6.54 Å². The predicted molar refractivity (Wildman–Crippen MR) is 92.5 cm³/mol. The highest BCUT2D eigenvalue weighted by atomic mass is 79.9. The summed E-state index contributed by atoms with van der Waals surface area (Å²) in [6.07, 6.45) is 1.13. The standard InChI is InChI=1S/C15H17Br2NOS/c1-2-6-18-8-11-4-3-5-14(17)15(11)19-9-13-7-12(16)10-20-13/h3-5,7,10,18H,2,6,8-9H2,1H3. The number of nitrogens with one attached hydrogen (secondary N) is 1. The second-order valence-corrected chi connectivity index (χ2v) is 7.19. The Kier molecular flexibility index (Phi) is 6.55. The lowest BCUT2D eigenvalue weighted by Gasteiger charge is -2.13. The molecule has 0 aliphatic carbocycles. The van der Waals surface area contributed by atoms with E-state index in [9.17, 15) is 0 Å². The van der Waals surface area contributed by atoms with E-state index < -0.39 is 0 Å². The van der Waals surface area contributed by atoms with Crippen LogP contribution in [0.3, 0.4) is 0 Å². The van der Waals surface area contributed by atoms with Crippen LogP contribution in [0.15, 0.2) is 38.6 Å². The van der Waals surface area contributed by atoms with Crippen LogP contribution in [0.2, 0.25) is 0 Å². The van der Waals surface area contributed by atoms with Crippen LogP contribution in [0.1, 0.15) is 23.8 Å². The van der Waals surface area contributed by atoms with E-state index in [-0.39, 0.29) is 0 Å². The molecule has 1 aromatic heterocycles. The summed E-state index contributed by atoms with van der Waals surface area (Å²) in [5, 5.41) is 5.49. The molecule has 1 N–H and O–H groups in total. The number of rotatable bonds is 7. The molecule has 5 heteroatoms. The topological polar surface area (TPSA) is 21.3 Å². The van der Waals surface area contributed by atoms with Crippen molar-refractivity contribution in [1.82, 2.24) is 5.32 Å². The molecule has 0 aliphatic rings. The first-order valence-corrected chi connectivity index (χ1v) is 9.01. The van der Waals surface area contributed by atoms with Crippen molar-refractivity contribution in [1.29, 1.82) is 0 Å². The van der Waals surface area contributed by atoms with Gasteiger partial charge in [0, 0.05) is 26.8 Å². The highest BCUT2D eigenvalue weighted by Crippen LogP contribution is 2.30. The van der Waals surface area contributed by atoms with Gasteiger partial charge in [-0.1, -0.05) is 19.1 Å². The Morgan fingerprint density at radius 3 is 2.85 bits per heavy atom. The lowest BCUT2D eigenvalue weighted by atomic mass is 10.2. The Hall–Kier alpha value is -0.360. The number of para-hydroxylation sites is 1. The predicted octanol–water partition coefficient (Wildman–Crippen LogP) is 5.35. The molecule has 0 saturated heterocycles. The van der Waals surface area contributed by atoms with Gasteiger partial charge in [0.1, 0.15) is 12.4 Å². The molecule has 2 rings (SSSR count). The first-order chi connectivity index (χ1) is 9.70. The van der Waals surface area contributed by atoms with Gasteiger partial charge >= 0.3 is 0 Å². The first-order valence-electron chi connectivity index (χ1n) is 6.54. The van der Waals surface area contributed by atoms with Crippen molar-refractivity contribution in [2.75, 3.05) is 6.54 Å². The molecule has 0 fully saturated rings. The molecule has 0 unspecified atom stereocenters. The minimum Gasteiger partial charge on any atom is -0.487 e. The van der Waals surface area contributed by atoms with Crippen LogP contribution in [0.5, 0.6) is 5.75 Å². The minimum absolute atomic E-state index is 0.597. The average molecular weight is 419 g/mol. The quantitative estimate of drug-likeness (QED) is 0.611. The third-order valence-corrected chi connectivity index (χ3v) is 5.07. The number of hydrogen-bond acceptors (Lipinski definition) is 3. The Labute approximate surface area is 140 Å². The Bertz CT molecular complexity index is 557. The fraction of sp³-hybridized carbons (Fsp3) is 0.333. The molecular formula is C15H17Br2NOS. The molecule has 0 radical (unpaired) electrons. The smallest absolute Gasteiger partial charge is 0.138 e. The first kappa shape index (κ1) is 16.0. The summed E-state index contributed by atoms with van der Waals surface area (Å²) in [6.45, 7) is 4.61. The van der Waals surface area contributed by atoms with Gasteiger partial charge in [0.25, 0.3) is 0 Å². The third-order valence-electron chi connectivity index (χ3n) is 2.77. The highest BCUT2D eigenvalue weighted by molar-refractivity contribution is 9.10. The summed E-state index contributed by atoms with van der Waals surface area (Å²) >= 11 is 8.74. The van der Waals surface area contributed by atoms with Gasteiger partial charge in [-0.25, -0.2) is 0 Å². The molecule has 0 amide bonds. The van der Waals surface area contributed by atoms with E-state index >= 15 is 0 Å². The molecule has 1 heterocycles. The fourth-order valence-corrected chi connectivity index (χ4v) is 3.71. The molecular weight excluding hydrogens is 402 g/mol. The van der Waals surface area contributed by atoms with E-state index in [4.69, 9.17) is 4.74 Å². The largest absolute Gasteiger partial charge is 0.487 e. The van der Waals surface area contributed by atoms with E-state index in [1.54, 1.807) is 11.3 Å². The molecule has 20 heavy (non-hydrogen) atoms. The zero-order valence-corrected chi connectivity index (χ0v) is 15.3. The zero-order valence-electron chi connectivity index (χ0n) is 11.3. The van der Waals surface area contributed by atoms with E-state index in [2.05, 4.69) is 61.6 Å². The van der Waals surface area contributed by atoms with Crippen molar-refractivity contribution in [3.05, 3.63) is 49.0 Å². The van der Waals surface area contributed by atoms with Gasteiger partial charge < -0.3 is 10.1 Å². The van der Waals surface area contributed by atoms with E-state index in [0.29, 0.717) is 6.61 Å². The van der Waals surface area contributed by atoms with Gasteiger partial charge in [0.15, 0.2) is 0 Å². The van der Waals surface area contributed by atoms with Crippen LogP contribution < -0.4 is 10.1 Å². The lowest BCUT2D eigenvalue weighted by Crippen LogP contribution is -2.14. The van der Waals surface area contributed by atoms with Crippen LogP contribution >= 0.6 is 43.2 Å². The van der Waals surface area contributed by atoms with Crippen LogP contribution in [0, 0.1) is 0 Å². The SMILES string of the molecule is CCCNCc1cccc(Br)c1OCc1cc(Br)cs1. The summed E-state index contributed by atoms with van der Waals surface area (Å²) in [4.78, 5) is 1.21. The van der Waals surface area contributed by atoms with Crippen molar-refractivity contribution >= 4 is 43.2 Å². The van der Waals surface area contributed by atoms with Gasteiger partial charge in [-0.05, 0) is 57.0 Å². The average Bonchev–Trinajstić information content (AvgIpc) is 2.84. The van der Waals surface area contributed by atoms with Crippen LogP contribution in [0.25, 0.3) is 0 Å².